The molecule has 2 aromatic rings. The largest absolute Gasteiger partial charge is 0.493 e. The van der Waals surface area contributed by atoms with Gasteiger partial charge in [-0.3, -0.25) is 4.79 Å². The number of methoxy groups -OCH3 is 2. The van der Waals surface area contributed by atoms with Gasteiger partial charge in [0, 0.05) is 11.8 Å². The Balaban J connectivity index is 1.84. The van der Waals surface area contributed by atoms with Crippen LogP contribution in [0.2, 0.25) is 0 Å². The lowest BCUT2D eigenvalue weighted by Crippen LogP contribution is -2.31. The molecule has 2 aromatic carbocycles. The lowest BCUT2D eigenvalue weighted by Gasteiger charge is -2.15. The highest BCUT2D eigenvalue weighted by Gasteiger charge is 2.19. The highest BCUT2D eigenvalue weighted by molar-refractivity contribution is 5.95. The minimum atomic E-state index is -0.984. The summed E-state index contributed by atoms with van der Waals surface area (Å²) in [6.07, 6.45) is -0.984. The predicted octanol–water partition coefficient (Wildman–Crippen LogP) is 3.78. The van der Waals surface area contributed by atoms with Gasteiger partial charge in [0.1, 0.15) is 5.75 Å². The van der Waals surface area contributed by atoms with E-state index in [-0.39, 0.29) is 6.61 Å². The summed E-state index contributed by atoms with van der Waals surface area (Å²) in [7, 11) is 3.03. The summed E-state index contributed by atoms with van der Waals surface area (Å²) in [5.41, 5.74) is 1.68. The number of ether oxygens (including phenoxy) is 4. The van der Waals surface area contributed by atoms with Gasteiger partial charge in [0.25, 0.3) is 5.91 Å². The summed E-state index contributed by atoms with van der Waals surface area (Å²) in [4.78, 5) is 24.3. The predicted molar refractivity (Wildman–Crippen MR) is 110 cm³/mol. The fourth-order valence-corrected chi connectivity index (χ4v) is 2.53. The number of hydrogen-bond donors (Lipinski definition) is 1. The smallest absolute Gasteiger partial charge is 0.344 e. The van der Waals surface area contributed by atoms with Gasteiger partial charge in [0.2, 0.25) is 0 Å². The van der Waals surface area contributed by atoms with Crippen molar-refractivity contribution < 1.29 is 28.5 Å². The second-order valence-corrected chi connectivity index (χ2v) is 6.70. The molecule has 1 atom stereocenters. The standard InChI is InChI=1S/C22H27NO6/c1-14(2)16-6-9-18(10-7-16)28-13-21(24)29-15(3)22(25)23-17-8-11-19(26-4)20(12-17)27-5/h6-12,14-15H,13H2,1-5H3,(H,23,25)/t15-/m1/s1. The van der Waals surface area contributed by atoms with E-state index in [1.54, 1.807) is 30.3 Å². The molecule has 29 heavy (non-hydrogen) atoms. The molecule has 7 heteroatoms. The molecule has 0 fully saturated rings. The molecule has 0 heterocycles. The molecule has 0 bridgehead atoms. The molecule has 156 valence electrons. The first-order valence-corrected chi connectivity index (χ1v) is 9.29. The summed E-state index contributed by atoms with van der Waals surface area (Å²) in [6.45, 7) is 5.41. The Bertz CT molecular complexity index is 832. The molecule has 0 unspecified atom stereocenters. The SMILES string of the molecule is COc1ccc(NC(=O)[C@@H](C)OC(=O)COc2ccc(C(C)C)cc2)cc1OC. The highest BCUT2D eigenvalue weighted by Crippen LogP contribution is 2.29. The van der Waals surface area contributed by atoms with Gasteiger partial charge < -0.3 is 24.3 Å². The zero-order chi connectivity index (χ0) is 21.4. The van der Waals surface area contributed by atoms with E-state index in [0.717, 1.165) is 0 Å². The van der Waals surface area contributed by atoms with Crippen molar-refractivity contribution in [2.75, 3.05) is 26.1 Å². The van der Waals surface area contributed by atoms with E-state index < -0.39 is 18.0 Å². The zero-order valence-corrected chi connectivity index (χ0v) is 17.4. The molecule has 0 radical (unpaired) electrons. The molecule has 1 N–H and O–H groups in total. The van der Waals surface area contributed by atoms with Gasteiger partial charge in [-0.15, -0.1) is 0 Å². The Hall–Kier alpha value is -3.22. The van der Waals surface area contributed by atoms with Crippen molar-refractivity contribution in [2.45, 2.75) is 32.8 Å². The topological polar surface area (TPSA) is 83.1 Å². The van der Waals surface area contributed by atoms with Crippen molar-refractivity contribution in [2.24, 2.45) is 0 Å². The first-order valence-electron chi connectivity index (χ1n) is 9.29. The van der Waals surface area contributed by atoms with E-state index in [1.807, 2.05) is 12.1 Å². The van der Waals surface area contributed by atoms with E-state index in [2.05, 4.69) is 19.2 Å². The highest BCUT2D eigenvalue weighted by atomic mass is 16.6. The van der Waals surface area contributed by atoms with Crippen LogP contribution in [0.15, 0.2) is 42.5 Å². The number of carbonyl (C=O) groups is 2. The molecule has 0 aromatic heterocycles. The van der Waals surface area contributed by atoms with E-state index >= 15 is 0 Å². The number of nitrogens with one attached hydrogen (secondary N) is 1. The van der Waals surface area contributed by atoms with E-state index in [4.69, 9.17) is 18.9 Å². The van der Waals surface area contributed by atoms with Crippen LogP contribution >= 0.6 is 0 Å². The van der Waals surface area contributed by atoms with Crippen molar-refractivity contribution in [1.82, 2.24) is 0 Å². The molecule has 0 aliphatic heterocycles. The van der Waals surface area contributed by atoms with E-state index in [1.165, 1.54) is 26.7 Å². The second kappa shape index (κ2) is 10.4. The number of benzene rings is 2. The normalized spacial score (nSPS) is 11.5. The number of carbonyl (C=O) groups excluding carboxylic acids is 2. The van der Waals surface area contributed by atoms with Gasteiger partial charge >= 0.3 is 5.97 Å². The number of anilines is 1. The van der Waals surface area contributed by atoms with Crippen LogP contribution in [-0.2, 0) is 14.3 Å². The van der Waals surface area contributed by atoms with Crippen molar-refractivity contribution in [1.29, 1.82) is 0 Å². The van der Waals surface area contributed by atoms with Crippen molar-refractivity contribution >= 4 is 17.6 Å². The third-order valence-electron chi connectivity index (χ3n) is 4.23. The van der Waals surface area contributed by atoms with E-state index in [9.17, 15) is 9.59 Å². The first kappa shape index (κ1) is 22.1. The maximum Gasteiger partial charge on any atom is 0.344 e. The van der Waals surface area contributed by atoms with Crippen LogP contribution in [0.25, 0.3) is 0 Å². The number of esters is 1. The molecule has 0 saturated heterocycles. The minimum absolute atomic E-state index is 0.283. The second-order valence-electron chi connectivity index (χ2n) is 6.70. The maximum atomic E-state index is 12.3. The number of amides is 1. The van der Waals surface area contributed by atoms with Crippen molar-refractivity contribution in [3.05, 3.63) is 48.0 Å². The number of hydrogen-bond acceptors (Lipinski definition) is 6. The van der Waals surface area contributed by atoms with Crippen LogP contribution in [0.3, 0.4) is 0 Å². The maximum absolute atomic E-state index is 12.3. The summed E-state index contributed by atoms with van der Waals surface area (Å²) in [6, 6.07) is 12.5. The summed E-state index contributed by atoms with van der Waals surface area (Å²) >= 11 is 0. The molecular formula is C22H27NO6. The molecule has 0 aliphatic rings. The van der Waals surface area contributed by atoms with Crippen molar-refractivity contribution in [3.8, 4) is 17.2 Å². The van der Waals surface area contributed by atoms with Crippen LogP contribution < -0.4 is 19.5 Å². The Morgan fingerprint density at radius 3 is 2.17 bits per heavy atom. The molecule has 2 rings (SSSR count). The van der Waals surface area contributed by atoms with Crippen LogP contribution in [0.1, 0.15) is 32.3 Å². The molecule has 0 saturated carbocycles. The minimum Gasteiger partial charge on any atom is -0.493 e. The van der Waals surface area contributed by atoms with E-state index in [0.29, 0.717) is 28.9 Å². The molecule has 0 spiro atoms. The average molecular weight is 401 g/mol. The summed E-state index contributed by atoms with van der Waals surface area (Å²) < 4.78 is 20.9. The first-order chi connectivity index (χ1) is 13.8. The Labute approximate surface area is 170 Å². The van der Waals surface area contributed by atoms with Gasteiger partial charge in [-0.05, 0) is 42.7 Å². The average Bonchev–Trinajstić information content (AvgIpc) is 2.72. The monoisotopic (exact) mass is 401 g/mol. The Morgan fingerprint density at radius 2 is 1.59 bits per heavy atom. The van der Waals surface area contributed by atoms with Crippen LogP contribution in [0.4, 0.5) is 5.69 Å². The fraction of sp³-hybridized carbons (Fsp3) is 0.364. The summed E-state index contributed by atoms with van der Waals surface area (Å²) in [5.74, 6) is 0.906. The van der Waals surface area contributed by atoms with Crippen LogP contribution in [0, 0.1) is 0 Å². The van der Waals surface area contributed by atoms with Gasteiger partial charge in [0.15, 0.2) is 24.2 Å². The molecule has 0 aliphatic carbocycles. The summed E-state index contributed by atoms with van der Waals surface area (Å²) in [5, 5.41) is 2.67. The molecular weight excluding hydrogens is 374 g/mol. The zero-order valence-electron chi connectivity index (χ0n) is 17.4. The van der Waals surface area contributed by atoms with Gasteiger partial charge in [-0.2, -0.15) is 0 Å². The molecule has 1 amide bonds. The number of rotatable bonds is 9. The lowest BCUT2D eigenvalue weighted by molar-refractivity contribution is -0.155. The Morgan fingerprint density at radius 1 is 0.931 bits per heavy atom. The Kier molecular flexibility index (Phi) is 7.88. The third kappa shape index (κ3) is 6.41. The van der Waals surface area contributed by atoms with Crippen LogP contribution in [0.5, 0.6) is 17.2 Å². The quantitative estimate of drug-likeness (QED) is 0.644. The van der Waals surface area contributed by atoms with Gasteiger partial charge in [-0.1, -0.05) is 26.0 Å². The van der Waals surface area contributed by atoms with Crippen LogP contribution in [-0.4, -0.2) is 38.8 Å². The molecule has 7 nitrogen and oxygen atoms in total. The van der Waals surface area contributed by atoms with Gasteiger partial charge in [-0.25, -0.2) is 4.79 Å². The lowest BCUT2D eigenvalue weighted by atomic mass is 10.0. The third-order valence-corrected chi connectivity index (χ3v) is 4.23. The van der Waals surface area contributed by atoms with Crippen molar-refractivity contribution in [3.63, 3.8) is 0 Å². The fourth-order valence-electron chi connectivity index (χ4n) is 2.53. The van der Waals surface area contributed by atoms with Gasteiger partial charge in [0.05, 0.1) is 14.2 Å².